The molecular formula is C17H23N5O3. The van der Waals surface area contributed by atoms with E-state index < -0.39 is 6.16 Å². The summed E-state index contributed by atoms with van der Waals surface area (Å²) in [6.45, 7) is 6.24. The number of aromatic nitrogens is 4. The summed E-state index contributed by atoms with van der Waals surface area (Å²) in [6, 6.07) is 5.67. The summed E-state index contributed by atoms with van der Waals surface area (Å²) in [5, 5.41) is 24.8. The first kappa shape index (κ1) is 17.2. The molecule has 1 saturated carbocycles. The van der Waals surface area contributed by atoms with Gasteiger partial charge in [-0.3, -0.25) is 0 Å². The van der Waals surface area contributed by atoms with Gasteiger partial charge >= 0.3 is 6.16 Å². The molecule has 8 heteroatoms. The third kappa shape index (κ3) is 4.07. The first-order valence-corrected chi connectivity index (χ1v) is 8.37. The van der Waals surface area contributed by atoms with E-state index in [2.05, 4.69) is 36.3 Å². The zero-order chi connectivity index (χ0) is 18.0. The Morgan fingerprint density at radius 2 is 2.20 bits per heavy atom. The Morgan fingerprint density at radius 1 is 1.40 bits per heavy atom. The summed E-state index contributed by atoms with van der Waals surface area (Å²) < 4.78 is 6.84. The fourth-order valence-electron chi connectivity index (χ4n) is 3.16. The maximum atomic E-state index is 10.7. The van der Waals surface area contributed by atoms with Crippen LogP contribution in [0.1, 0.15) is 51.6 Å². The normalized spacial score (nSPS) is 20.4. The molecule has 2 atom stereocenters. The van der Waals surface area contributed by atoms with Crippen LogP contribution in [0.15, 0.2) is 24.4 Å². The lowest BCUT2D eigenvalue weighted by Gasteiger charge is -2.22. The maximum Gasteiger partial charge on any atom is 0.506 e. The molecule has 2 N–H and O–H groups in total. The number of rotatable bonds is 4. The van der Waals surface area contributed by atoms with Crippen molar-refractivity contribution in [1.82, 2.24) is 20.0 Å². The first-order chi connectivity index (χ1) is 11.8. The zero-order valence-electron chi connectivity index (χ0n) is 14.6. The number of carbonyl (C=O) groups is 1. The summed E-state index contributed by atoms with van der Waals surface area (Å²) in [7, 11) is 0. The largest absolute Gasteiger partial charge is 0.506 e. The Morgan fingerprint density at radius 3 is 2.84 bits per heavy atom. The molecule has 2 unspecified atom stereocenters. The topological polar surface area (TPSA) is 102 Å². The van der Waals surface area contributed by atoms with Gasteiger partial charge < -0.3 is 15.2 Å². The molecule has 2 aromatic heterocycles. The Kier molecular flexibility index (Phi) is 4.61. The van der Waals surface area contributed by atoms with Crippen LogP contribution in [0.4, 0.5) is 16.4 Å². The van der Waals surface area contributed by atoms with E-state index in [0.29, 0.717) is 12.2 Å². The molecule has 0 aliphatic heterocycles. The Bertz CT molecular complexity index is 738. The van der Waals surface area contributed by atoms with Crippen LogP contribution in [-0.4, -0.2) is 37.3 Å². The number of nitrogens with one attached hydrogen (secondary N) is 1. The van der Waals surface area contributed by atoms with Crippen LogP contribution in [-0.2, 0) is 10.3 Å². The first-order valence-electron chi connectivity index (χ1n) is 8.37. The van der Waals surface area contributed by atoms with Crippen LogP contribution in [0.5, 0.6) is 0 Å². The Labute approximate surface area is 146 Å². The molecule has 2 aromatic rings. The van der Waals surface area contributed by atoms with E-state index in [1.54, 1.807) is 6.20 Å². The lowest BCUT2D eigenvalue weighted by Crippen LogP contribution is -2.25. The minimum atomic E-state index is -1.21. The van der Waals surface area contributed by atoms with Crippen LogP contribution in [0, 0.1) is 0 Å². The molecule has 1 aliphatic rings. The Balaban J connectivity index is 1.83. The maximum absolute atomic E-state index is 10.7. The van der Waals surface area contributed by atoms with Crippen molar-refractivity contribution in [2.75, 3.05) is 5.32 Å². The van der Waals surface area contributed by atoms with E-state index in [0.717, 1.165) is 24.4 Å². The van der Waals surface area contributed by atoms with E-state index in [4.69, 9.17) is 14.9 Å². The number of carboxylic acid groups (broad SMARTS) is 1. The highest BCUT2D eigenvalue weighted by atomic mass is 16.7. The van der Waals surface area contributed by atoms with Crippen molar-refractivity contribution in [3.05, 3.63) is 30.1 Å². The molecule has 8 nitrogen and oxygen atoms in total. The molecule has 0 bridgehead atoms. The minimum Gasteiger partial charge on any atom is -0.450 e. The van der Waals surface area contributed by atoms with Crippen LogP contribution in [0.25, 0.3) is 0 Å². The van der Waals surface area contributed by atoms with Gasteiger partial charge in [0.25, 0.3) is 0 Å². The number of hydrogen-bond donors (Lipinski definition) is 2. The minimum absolute atomic E-state index is 0.190. The molecule has 1 aliphatic carbocycles. The van der Waals surface area contributed by atoms with Crippen LogP contribution >= 0.6 is 0 Å². The summed E-state index contributed by atoms with van der Waals surface area (Å²) in [5.41, 5.74) is 0.732. The van der Waals surface area contributed by atoms with Crippen molar-refractivity contribution in [3.8, 4) is 0 Å². The molecule has 2 heterocycles. The zero-order valence-corrected chi connectivity index (χ0v) is 14.6. The van der Waals surface area contributed by atoms with Gasteiger partial charge in [0, 0.05) is 18.2 Å². The van der Waals surface area contributed by atoms with Crippen molar-refractivity contribution in [2.45, 2.75) is 57.6 Å². The quantitative estimate of drug-likeness (QED) is 0.818. The van der Waals surface area contributed by atoms with Gasteiger partial charge in [0.05, 0.1) is 11.2 Å². The van der Waals surface area contributed by atoms with Gasteiger partial charge in [0.1, 0.15) is 11.9 Å². The lowest BCUT2D eigenvalue weighted by molar-refractivity contribution is 0.0540. The molecule has 0 spiro atoms. The number of anilines is 2. The second-order valence-electron chi connectivity index (χ2n) is 7.29. The van der Waals surface area contributed by atoms with Crippen LogP contribution in [0.3, 0.4) is 0 Å². The van der Waals surface area contributed by atoms with Gasteiger partial charge in [-0.25, -0.2) is 9.48 Å². The molecule has 1 fully saturated rings. The summed E-state index contributed by atoms with van der Waals surface area (Å²) in [5.74, 6) is 1.68. The molecule has 0 radical (unpaired) electrons. The van der Waals surface area contributed by atoms with Gasteiger partial charge in [-0.1, -0.05) is 0 Å². The number of ether oxygens (including phenoxy) is 1. The van der Waals surface area contributed by atoms with Gasteiger partial charge in [-0.2, -0.15) is 10.2 Å². The van der Waals surface area contributed by atoms with Gasteiger partial charge in [-0.05, 0) is 52.2 Å². The molecule has 0 amide bonds. The molecule has 0 saturated heterocycles. The van der Waals surface area contributed by atoms with Crippen molar-refractivity contribution < 1.29 is 14.6 Å². The molecule has 134 valence electrons. The van der Waals surface area contributed by atoms with Crippen molar-refractivity contribution in [3.63, 3.8) is 0 Å². The van der Waals surface area contributed by atoms with Gasteiger partial charge in [0.2, 0.25) is 0 Å². The predicted octanol–water partition coefficient (Wildman–Crippen LogP) is 3.50. The van der Waals surface area contributed by atoms with E-state index in [-0.39, 0.29) is 17.6 Å². The third-order valence-electron chi connectivity index (χ3n) is 4.26. The van der Waals surface area contributed by atoms with E-state index in [1.165, 1.54) is 0 Å². The smallest absolute Gasteiger partial charge is 0.450 e. The average Bonchev–Trinajstić information content (AvgIpc) is 3.14. The summed E-state index contributed by atoms with van der Waals surface area (Å²) >= 11 is 0. The highest BCUT2D eigenvalue weighted by molar-refractivity contribution is 5.57. The van der Waals surface area contributed by atoms with E-state index in [1.807, 2.05) is 22.9 Å². The molecule has 0 aromatic carbocycles. The Hall–Kier alpha value is -2.64. The standard InChI is InChI=1S/C17H23N5O3/c1-17(2,3)22-15(19-14-5-4-8-18-20-14)10-13(21-22)11-6-7-12(9-11)25-16(23)24/h4-5,8,10-12H,6-7,9H2,1-3H3,(H,19,20)(H,23,24). The van der Waals surface area contributed by atoms with Crippen molar-refractivity contribution >= 4 is 17.8 Å². The SMILES string of the molecule is CC(C)(C)n1nc(C2CCC(OC(=O)O)C2)cc1Nc1cccnn1. The van der Waals surface area contributed by atoms with Crippen LogP contribution in [0.2, 0.25) is 0 Å². The lowest BCUT2D eigenvalue weighted by atomic mass is 10.0. The second-order valence-corrected chi connectivity index (χ2v) is 7.29. The monoisotopic (exact) mass is 345 g/mol. The van der Waals surface area contributed by atoms with Gasteiger partial charge in [0.15, 0.2) is 5.82 Å². The summed E-state index contributed by atoms with van der Waals surface area (Å²) in [6.07, 6.45) is 2.42. The fraction of sp³-hybridized carbons (Fsp3) is 0.529. The molecule has 3 rings (SSSR count). The van der Waals surface area contributed by atoms with E-state index >= 15 is 0 Å². The van der Waals surface area contributed by atoms with E-state index in [9.17, 15) is 4.79 Å². The number of nitrogens with zero attached hydrogens (tertiary/aromatic N) is 4. The van der Waals surface area contributed by atoms with Crippen molar-refractivity contribution in [1.29, 1.82) is 0 Å². The summed E-state index contributed by atoms with van der Waals surface area (Å²) in [4.78, 5) is 10.7. The molecule has 25 heavy (non-hydrogen) atoms. The second kappa shape index (κ2) is 6.70. The highest BCUT2D eigenvalue weighted by Crippen LogP contribution is 2.37. The number of hydrogen-bond acceptors (Lipinski definition) is 6. The third-order valence-corrected chi connectivity index (χ3v) is 4.26. The van der Waals surface area contributed by atoms with Crippen molar-refractivity contribution in [2.24, 2.45) is 0 Å². The van der Waals surface area contributed by atoms with Gasteiger partial charge in [-0.15, -0.1) is 5.10 Å². The van der Waals surface area contributed by atoms with Crippen LogP contribution < -0.4 is 5.32 Å². The average molecular weight is 345 g/mol. The fourth-order valence-corrected chi connectivity index (χ4v) is 3.16. The highest BCUT2D eigenvalue weighted by Gasteiger charge is 2.32. The molecular weight excluding hydrogens is 322 g/mol. The predicted molar refractivity (Wildman–Crippen MR) is 92.0 cm³/mol.